The van der Waals surface area contributed by atoms with E-state index in [1.165, 1.54) is 4.57 Å². The van der Waals surface area contributed by atoms with E-state index in [0.29, 0.717) is 19.9 Å². The molecule has 1 heterocycles. The summed E-state index contributed by atoms with van der Waals surface area (Å²) in [4.78, 5) is 13.1. The summed E-state index contributed by atoms with van der Waals surface area (Å²) in [6.07, 6.45) is 1.72. The smallest absolute Gasteiger partial charge is 0.267 e. The maximum atomic E-state index is 13.1. The third-order valence-electron chi connectivity index (χ3n) is 4.00. The van der Waals surface area contributed by atoms with Crippen LogP contribution in [0, 0.1) is 36.5 Å². The van der Waals surface area contributed by atoms with Crippen LogP contribution in [0.15, 0.2) is 47.3 Å². The van der Waals surface area contributed by atoms with Crippen LogP contribution in [0.1, 0.15) is 16.7 Å². The Labute approximate surface area is 165 Å². The van der Waals surface area contributed by atoms with E-state index in [2.05, 4.69) is 0 Å². The van der Waals surface area contributed by atoms with Gasteiger partial charge in [-0.25, -0.2) is 0 Å². The summed E-state index contributed by atoms with van der Waals surface area (Å²) in [5.74, 6) is 0. The molecule has 0 amide bonds. The first-order valence-corrected chi connectivity index (χ1v) is 9.25. The molecule has 4 nitrogen and oxygen atoms in total. The Kier molecular flexibility index (Phi) is 5.28. The topological polar surface area (TPSA) is 69.6 Å². The fourth-order valence-electron chi connectivity index (χ4n) is 2.79. The molecule has 0 spiro atoms. The molecule has 0 aliphatic rings. The molecule has 0 bridgehead atoms. The lowest BCUT2D eigenvalue weighted by Gasteiger charge is -2.07. The Morgan fingerprint density at radius 1 is 1.15 bits per heavy atom. The highest BCUT2D eigenvalue weighted by molar-refractivity contribution is 7.07. The van der Waals surface area contributed by atoms with E-state index in [0.717, 1.165) is 28.0 Å². The van der Waals surface area contributed by atoms with E-state index in [1.54, 1.807) is 24.3 Å². The lowest BCUT2D eigenvalue weighted by atomic mass is 10.1. The van der Waals surface area contributed by atoms with Crippen LogP contribution in [0.5, 0.6) is 0 Å². The largest absolute Gasteiger partial charge is 0.273 e. The Morgan fingerprint density at radius 2 is 1.89 bits per heavy atom. The van der Waals surface area contributed by atoms with Gasteiger partial charge in [-0.1, -0.05) is 41.4 Å². The number of rotatable bonds is 2. The molecule has 0 aliphatic carbocycles. The summed E-state index contributed by atoms with van der Waals surface area (Å²) < 4.78 is 2.19. The van der Waals surface area contributed by atoms with Gasteiger partial charge < -0.3 is 0 Å². The minimum Gasteiger partial charge on any atom is -0.267 e. The highest BCUT2D eigenvalue weighted by atomic mass is 35.5. The molecule has 0 radical (unpaired) electrons. The molecule has 0 saturated carbocycles. The monoisotopic (exact) mass is 391 g/mol. The Bertz CT molecular complexity index is 1290. The molecule has 0 unspecified atom stereocenters. The molecule has 132 valence electrons. The molecule has 0 fully saturated rings. The first-order valence-electron chi connectivity index (χ1n) is 8.06. The molecule has 2 aromatic carbocycles. The SMILES string of the molecule is Cc1ccc(-n2c(=C(C#N)C#N)sc(=Cc3cccc(Cl)c3)c2=O)c(C)c1. The molecule has 3 aromatic rings. The highest BCUT2D eigenvalue weighted by Crippen LogP contribution is 2.14. The molecule has 0 atom stereocenters. The lowest BCUT2D eigenvalue weighted by molar-refractivity contribution is 0.973. The second-order valence-electron chi connectivity index (χ2n) is 6.00. The summed E-state index contributed by atoms with van der Waals surface area (Å²) >= 11 is 7.15. The van der Waals surface area contributed by atoms with Gasteiger partial charge in [0.1, 0.15) is 16.8 Å². The fraction of sp³-hybridized carbons (Fsp3) is 0.0952. The van der Waals surface area contributed by atoms with E-state index < -0.39 is 0 Å². The van der Waals surface area contributed by atoms with Crippen LogP contribution >= 0.6 is 22.9 Å². The molecule has 3 rings (SSSR count). The minimum atomic E-state index is -0.273. The van der Waals surface area contributed by atoms with Crippen LogP contribution in [0.2, 0.25) is 5.02 Å². The quantitative estimate of drug-likeness (QED) is 0.673. The maximum absolute atomic E-state index is 13.1. The standard InChI is InChI=1S/C21H14ClN3OS/c1-13-6-7-18(14(2)8-13)25-20(26)19(27-21(25)16(11-23)12-24)10-15-4-3-5-17(22)9-15/h3-10H,1-2H3. The van der Waals surface area contributed by atoms with Crippen molar-refractivity contribution >= 4 is 34.6 Å². The van der Waals surface area contributed by atoms with Crippen molar-refractivity contribution in [2.45, 2.75) is 13.8 Å². The van der Waals surface area contributed by atoms with Crippen LogP contribution in [0.25, 0.3) is 17.3 Å². The third kappa shape index (κ3) is 3.71. The number of aryl methyl sites for hydroxylation is 2. The second kappa shape index (κ2) is 7.63. The zero-order valence-electron chi connectivity index (χ0n) is 14.7. The van der Waals surface area contributed by atoms with Gasteiger partial charge >= 0.3 is 0 Å². The van der Waals surface area contributed by atoms with Crippen LogP contribution in [-0.4, -0.2) is 4.57 Å². The normalized spacial score (nSPS) is 11.1. The Balaban J connectivity index is 2.43. The van der Waals surface area contributed by atoms with E-state index in [9.17, 15) is 15.3 Å². The summed E-state index contributed by atoms with van der Waals surface area (Å²) in [6, 6.07) is 16.6. The number of nitriles is 2. The first kappa shape index (κ1) is 18.7. The van der Waals surface area contributed by atoms with Gasteiger partial charge in [0.2, 0.25) is 0 Å². The second-order valence-corrected chi connectivity index (χ2v) is 7.47. The van der Waals surface area contributed by atoms with Gasteiger partial charge in [0, 0.05) is 5.02 Å². The van der Waals surface area contributed by atoms with Crippen molar-refractivity contribution in [2.24, 2.45) is 0 Å². The summed E-state index contributed by atoms with van der Waals surface area (Å²) in [5.41, 5.74) is 3.02. The number of aromatic nitrogens is 1. The van der Waals surface area contributed by atoms with Gasteiger partial charge in [0.05, 0.1) is 10.2 Å². The molecule has 6 heteroatoms. The molecular formula is C21H14ClN3OS. The Hall–Kier alpha value is -3.12. The van der Waals surface area contributed by atoms with Crippen molar-refractivity contribution in [3.8, 4) is 17.8 Å². The number of nitrogens with zero attached hydrogens (tertiary/aromatic N) is 3. The van der Waals surface area contributed by atoms with Gasteiger partial charge in [0.25, 0.3) is 5.56 Å². The molecular weight excluding hydrogens is 378 g/mol. The summed E-state index contributed by atoms with van der Waals surface area (Å²) in [7, 11) is 0. The average Bonchev–Trinajstić information content (AvgIpc) is 2.93. The number of hydrogen-bond acceptors (Lipinski definition) is 4. The van der Waals surface area contributed by atoms with Crippen molar-refractivity contribution in [2.75, 3.05) is 0 Å². The van der Waals surface area contributed by atoms with Gasteiger partial charge in [-0.05, 0) is 49.2 Å². The molecule has 0 saturated heterocycles. The van der Waals surface area contributed by atoms with Crippen LogP contribution in [-0.2, 0) is 0 Å². The van der Waals surface area contributed by atoms with E-state index in [1.807, 2.05) is 50.3 Å². The molecule has 1 aromatic heterocycles. The third-order valence-corrected chi connectivity index (χ3v) is 5.33. The van der Waals surface area contributed by atoms with Gasteiger partial charge in [0.15, 0.2) is 5.57 Å². The number of benzene rings is 2. The van der Waals surface area contributed by atoms with Crippen molar-refractivity contribution < 1.29 is 0 Å². The van der Waals surface area contributed by atoms with E-state index in [4.69, 9.17) is 11.6 Å². The van der Waals surface area contributed by atoms with E-state index >= 15 is 0 Å². The molecule has 0 N–H and O–H groups in total. The number of hydrogen-bond donors (Lipinski definition) is 0. The van der Waals surface area contributed by atoms with Gasteiger partial charge in [-0.2, -0.15) is 10.5 Å². The summed E-state index contributed by atoms with van der Waals surface area (Å²) in [5, 5.41) is 19.3. The Morgan fingerprint density at radius 3 is 2.52 bits per heavy atom. The lowest BCUT2D eigenvalue weighted by Crippen LogP contribution is -2.31. The van der Waals surface area contributed by atoms with Crippen molar-refractivity contribution in [3.63, 3.8) is 0 Å². The van der Waals surface area contributed by atoms with Gasteiger partial charge in [-0.3, -0.25) is 9.36 Å². The van der Waals surface area contributed by atoms with Gasteiger partial charge in [-0.15, -0.1) is 11.3 Å². The zero-order chi connectivity index (χ0) is 19.6. The van der Waals surface area contributed by atoms with Crippen LogP contribution < -0.4 is 14.8 Å². The minimum absolute atomic E-state index is 0.0946. The number of thiazole rings is 1. The van der Waals surface area contributed by atoms with Crippen molar-refractivity contribution in [1.82, 2.24) is 4.57 Å². The maximum Gasteiger partial charge on any atom is 0.273 e. The predicted molar refractivity (Wildman–Crippen MR) is 108 cm³/mol. The first-order chi connectivity index (χ1) is 12.9. The fourth-order valence-corrected chi connectivity index (χ4v) is 4.04. The van der Waals surface area contributed by atoms with Crippen molar-refractivity contribution in [3.05, 3.63) is 83.7 Å². The summed E-state index contributed by atoms with van der Waals surface area (Å²) in [6.45, 7) is 3.86. The predicted octanol–water partition coefficient (Wildman–Crippen LogP) is 3.20. The molecule has 27 heavy (non-hydrogen) atoms. The van der Waals surface area contributed by atoms with Crippen molar-refractivity contribution in [1.29, 1.82) is 10.5 Å². The average molecular weight is 392 g/mol. The highest BCUT2D eigenvalue weighted by Gasteiger charge is 2.13. The molecule has 0 aliphatic heterocycles. The zero-order valence-corrected chi connectivity index (χ0v) is 16.2. The van der Waals surface area contributed by atoms with E-state index in [-0.39, 0.29) is 11.1 Å². The van der Waals surface area contributed by atoms with Crippen LogP contribution in [0.3, 0.4) is 0 Å². The van der Waals surface area contributed by atoms with Crippen LogP contribution in [0.4, 0.5) is 0 Å². The number of halogens is 1.